The van der Waals surface area contributed by atoms with Gasteiger partial charge in [0.2, 0.25) is 0 Å². The highest BCUT2D eigenvalue weighted by molar-refractivity contribution is 5.94. The van der Waals surface area contributed by atoms with Crippen LogP contribution >= 0.6 is 0 Å². The second kappa shape index (κ2) is 5.53. The van der Waals surface area contributed by atoms with Gasteiger partial charge >= 0.3 is 5.76 Å². The molecule has 0 unspecified atom stereocenters. The van der Waals surface area contributed by atoms with Crippen LogP contribution in [0.15, 0.2) is 33.6 Å². The second-order valence-electron chi connectivity index (χ2n) is 5.07. The summed E-state index contributed by atoms with van der Waals surface area (Å²) in [6.45, 7) is 1.03. The number of aliphatic hydroxyl groups excluding tert-OH is 1. The minimum Gasteiger partial charge on any atom is -0.391 e. The Bertz CT molecular complexity index is 689. The summed E-state index contributed by atoms with van der Waals surface area (Å²) in [5, 5.41) is 13.2. The zero-order valence-corrected chi connectivity index (χ0v) is 11.3. The van der Waals surface area contributed by atoms with Crippen molar-refractivity contribution in [1.29, 1.82) is 0 Å². The first-order chi connectivity index (χ1) is 10.1. The number of hydrogen-bond donors (Lipinski definition) is 2. The van der Waals surface area contributed by atoms with Crippen molar-refractivity contribution in [2.45, 2.75) is 18.9 Å². The van der Waals surface area contributed by atoms with Crippen molar-refractivity contribution in [2.75, 3.05) is 13.1 Å². The normalized spacial score (nSPS) is 18.7. The third-order valence-electron chi connectivity index (χ3n) is 3.53. The molecule has 3 rings (SSSR count). The molecule has 0 bridgehead atoms. The first kappa shape index (κ1) is 13.6. The van der Waals surface area contributed by atoms with Crippen LogP contribution in [0.4, 0.5) is 0 Å². The van der Waals surface area contributed by atoms with Crippen LogP contribution in [0.3, 0.4) is 0 Å². The number of carbonyl (C=O) groups is 1. The van der Waals surface area contributed by atoms with Gasteiger partial charge in [-0.05, 0) is 25.0 Å². The maximum atomic E-state index is 12.3. The highest BCUT2D eigenvalue weighted by Gasteiger charge is 2.23. The summed E-state index contributed by atoms with van der Waals surface area (Å²) in [6, 6.07) is 6.74. The van der Waals surface area contributed by atoms with Gasteiger partial charge in [0.05, 0.1) is 6.10 Å². The smallest absolute Gasteiger partial charge is 0.391 e. The van der Waals surface area contributed by atoms with Gasteiger partial charge in [0.25, 0.3) is 5.91 Å². The molecule has 7 heteroatoms. The van der Waals surface area contributed by atoms with Gasteiger partial charge in [0, 0.05) is 24.2 Å². The molecule has 0 saturated carbocycles. The van der Waals surface area contributed by atoms with Gasteiger partial charge in [0.1, 0.15) is 0 Å². The lowest BCUT2D eigenvalue weighted by molar-refractivity contribution is 0.0474. The molecule has 0 spiro atoms. The van der Waals surface area contributed by atoms with Crippen LogP contribution in [0.1, 0.15) is 23.2 Å². The predicted molar refractivity (Wildman–Crippen MR) is 73.7 cm³/mol. The van der Waals surface area contributed by atoms with E-state index in [1.807, 2.05) is 0 Å². The van der Waals surface area contributed by atoms with Gasteiger partial charge < -0.3 is 10.0 Å². The van der Waals surface area contributed by atoms with Crippen LogP contribution < -0.4 is 5.76 Å². The van der Waals surface area contributed by atoms with Crippen molar-refractivity contribution >= 4 is 5.91 Å². The summed E-state index contributed by atoms with van der Waals surface area (Å²) in [5.74, 6) is -0.395. The Balaban J connectivity index is 1.77. The summed E-state index contributed by atoms with van der Waals surface area (Å²) >= 11 is 0. The van der Waals surface area contributed by atoms with Crippen molar-refractivity contribution in [1.82, 2.24) is 15.0 Å². The Hall–Kier alpha value is -2.41. The van der Waals surface area contributed by atoms with E-state index < -0.39 is 11.9 Å². The fourth-order valence-electron chi connectivity index (χ4n) is 2.45. The van der Waals surface area contributed by atoms with Gasteiger partial charge in [0.15, 0.2) is 5.82 Å². The largest absolute Gasteiger partial charge is 0.439 e. The molecular formula is C14H15N3O4. The number of H-pyrrole nitrogens is 1. The molecule has 0 radical (unpaired) electrons. The average Bonchev–Trinajstić information content (AvgIpc) is 2.93. The number of nitrogens with zero attached hydrogens (tertiary/aromatic N) is 2. The molecule has 1 atom stereocenters. The monoisotopic (exact) mass is 289 g/mol. The molecule has 1 amide bonds. The first-order valence-electron chi connectivity index (χ1n) is 6.77. The predicted octanol–water partition coefficient (Wildman–Crippen LogP) is 0.627. The molecule has 1 aliphatic rings. The van der Waals surface area contributed by atoms with Crippen molar-refractivity contribution in [3.63, 3.8) is 0 Å². The Morgan fingerprint density at radius 3 is 2.76 bits per heavy atom. The number of carbonyl (C=O) groups excluding carboxylic acids is 1. The van der Waals surface area contributed by atoms with Crippen molar-refractivity contribution in [3.8, 4) is 11.4 Å². The fraction of sp³-hybridized carbons (Fsp3) is 0.357. The number of rotatable bonds is 2. The molecule has 0 aliphatic carbocycles. The SMILES string of the molecule is O=C(c1ccc(-c2noc(=O)[nH]2)cc1)N1CCC[C@H](O)C1. The molecular weight excluding hydrogens is 274 g/mol. The number of hydrogen-bond acceptors (Lipinski definition) is 5. The molecule has 1 fully saturated rings. The maximum Gasteiger partial charge on any atom is 0.439 e. The Morgan fingerprint density at radius 1 is 1.38 bits per heavy atom. The van der Waals surface area contributed by atoms with E-state index in [0.717, 1.165) is 12.8 Å². The van der Waals surface area contributed by atoms with Crippen LogP contribution in [0.5, 0.6) is 0 Å². The molecule has 1 aromatic carbocycles. The molecule has 7 nitrogen and oxygen atoms in total. The van der Waals surface area contributed by atoms with Crippen LogP contribution in [0, 0.1) is 0 Å². The third kappa shape index (κ3) is 2.87. The Morgan fingerprint density at radius 2 is 2.14 bits per heavy atom. The molecule has 2 heterocycles. The Labute approximate surface area is 120 Å². The maximum absolute atomic E-state index is 12.3. The molecule has 21 heavy (non-hydrogen) atoms. The summed E-state index contributed by atoms with van der Waals surface area (Å²) in [7, 11) is 0. The summed E-state index contributed by atoms with van der Waals surface area (Å²) in [5.41, 5.74) is 1.20. The van der Waals surface area contributed by atoms with Crippen molar-refractivity contribution < 1.29 is 14.4 Å². The second-order valence-corrected chi connectivity index (χ2v) is 5.07. The number of nitrogens with one attached hydrogen (secondary N) is 1. The fourth-order valence-corrected chi connectivity index (χ4v) is 2.45. The highest BCUT2D eigenvalue weighted by Crippen LogP contribution is 2.17. The van der Waals surface area contributed by atoms with E-state index >= 15 is 0 Å². The summed E-state index contributed by atoms with van der Waals surface area (Å²) in [6.07, 6.45) is 1.11. The number of benzene rings is 1. The summed E-state index contributed by atoms with van der Waals surface area (Å²) in [4.78, 5) is 27.3. The van der Waals surface area contributed by atoms with E-state index in [1.54, 1.807) is 29.2 Å². The first-order valence-corrected chi connectivity index (χ1v) is 6.77. The van der Waals surface area contributed by atoms with Crippen LogP contribution in [0.25, 0.3) is 11.4 Å². The number of β-amino-alcohol motifs (C(OH)–C–C–N with tert-alkyl or cyclic N) is 1. The highest BCUT2D eigenvalue weighted by atomic mass is 16.5. The lowest BCUT2D eigenvalue weighted by atomic mass is 10.1. The zero-order valence-electron chi connectivity index (χ0n) is 11.3. The molecule has 2 aromatic rings. The molecule has 1 saturated heterocycles. The number of piperidine rings is 1. The van der Waals surface area contributed by atoms with E-state index in [1.165, 1.54) is 0 Å². The van der Waals surface area contributed by atoms with E-state index in [9.17, 15) is 14.7 Å². The van der Waals surface area contributed by atoms with Gasteiger partial charge in [-0.1, -0.05) is 17.3 Å². The van der Waals surface area contributed by atoms with Gasteiger partial charge in [-0.25, -0.2) is 4.79 Å². The van der Waals surface area contributed by atoms with Crippen LogP contribution in [0.2, 0.25) is 0 Å². The number of aliphatic hydroxyl groups is 1. The number of amides is 1. The minimum absolute atomic E-state index is 0.103. The molecule has 2 N–H and O–H groups in total. The third-order valence-corrected chi connectivity index (χ3v) is 3.53. The standard InChI is InChI=1S/C14H15N3O4/c18-11-2-1-7-17(8-11)13(19)10-5-3-9(4-6-10)12-15-14(20)21-16-12/h3-6,11,18H,1-2,7-8H2,(H,15,16,20)/t11-/m0/s1. The van der Waals surface area contributed by atoms with E-state index in [0.29, 0.717) is 30.0 Å². The van der Waals surface area contributed by atoms with Crippen LogP contribution in [-0.4, -0.2) is 45.2 Å². The number of aromatic amines is 1. The van der Waals surface area contributed by atoms with E-state index in [2.05, 4.69) is 14.7 Å². The zero-order chi connectivity index (χ0) is 14.8. The molecule has 1 aliphatic heterocycles. The minimum atomic E-state index is -0.618. The average molecular weight is 289 g/mol. The quantitative estimate of drug-likeness (QED) is 0.844. The van der Waals surface area contributed by atoms with E-state index in [-0.39, 0.29) is 5.91 Å². The Kier molecular flexibility index (Phi) is 3.57. The topological polar surface area (TPSA) is 99.4 Å². The lowest BCUT2D eigenvalue weighted by Gasteiger charge is -2.30. The number of aromatic nitrogens is 2. The lowest BCUT2D eigenvalue weighted by Crippen LogP contribution is -2.42. The van der Waals surface area contributed by atoms with Gasteiger partial charge in [-0.15, -0.1) is 0 Å². The van der Waals surface area contributed by atoms with Crippen molar-refractivity contribution in [2.24, 2.45) is 0 Å². The van der Waals surface area contributed by atoms with Gasteiger partial charge in [-0.2, -0.15) is 0 Å². The van der Waals surface area contributed by atoms with Crippen LogP contribution in [-0.2, 0) is 0 Å². The molecule has 110 valence electrons. The molecule has 1 aromatic heterocycles. The number of likely N-dealkylation sites (tertiary alicyclic amines) is 1. The van der Waals surface area contributed by atoms with E-state index in [4.69, 9.17) is 0 Å². The van der Waals surface area contributed by atoms with Gasteiger partial charge in [-0.3, -0.25) is 14.3 Å². The van der Waals surface area contributed by atoms with Crippen molar-refractivity contribution in [3.05, 3.63) is 40.4 Å². The summed E-state index contributed by atoms with van der Waals surface area (Å²) < 4.78 is 4.44.